The quantitative estimate of drug-likeness (QED) is 0.712. The Labute approximate surface area is 134 Å². The van der Waals surface area contributed by atoms with E-state index in [1.54, 1.807) is 32.9 Å². The first-order valence-electron chi connectivity index (χ1n) is 5.87. The number of carbonyl (C=O) groups excluding carboxylic acids is 1. The average molecular weight is 408 g/mol. The lowest BCUT2D eigenvalue weighted by atomic mass is 9.87. The minimum Gasteiger partial charge on any atom is -0.480 e. The van der Waals surface area contributed by atoms with E-state index in [-0.39, 0.29) is 0 Å². The highest BCUT2D eigenvalue weighted by atomic mass is 79.9. The van der Waals surface area contributed by atoms with E-state index in [1.165, 1.54) is 0 Å². The number of halogens is 2. The van der Waals surface area contributed by atoms with Crippen molar-refractivity contribution in [3.63, 3.8) is 0 Å². The molecule has 5 nitrogen and oxygen atoms in total. The molecule has 3 N–H and O–H groups in total. The Kier molecular flexibility index (Phi) is 5.59. The number of carboxylic acid groups (broad SMARTS) is 1. The van der Waals surface area contributed by atoms with Crippen molar-refractivity contribution in [2.45, 2.75) is 26.8 Å². The maximum Gasteiger partial charge on any atom is 0.326 e. The smallest absolute Gasteiger partial charge is 0.326 e. The van der Waals surface area contributed by atoms with Gasteiger partial charge in [-0.25, -0.2) is 9.59 Å². The molecule has 0 bridgehead atoms. The van der Waals surface area contributed by atoms with Crippen molar-refractivity contribution in [2.24, 2.45) is 5.41 Å². The molecule has 0 fully saturated rings. The Hall–Kier alpha value is -1.08. The average Bonchev–Trinajstić information content (AvgIpc) is 2.29. The number of anilines is 1. The lowest BCUT2D eigenvalue weighted by molar-refractivity contribution is -0.141. The SMILES string of the molecule is CC(C)(C)[C@@H](NC(=O)Nc1c(Br)cccc1Br)C(=O)O. The number of amides is 2. The largest absolute Gasteiger partial charge is 0.480 e. The van der Waals surface area contributed by atoms with Crippen LogP contribution in [0.25, 0.3) is 0 Å². The topological polar surface area (TPSA) is 78.4 Å². The molecule has 0 unspecified atom stereocenters. The van der Waals surface area contributed by atoms with Gasteiger partial charge in [0.25, 0.3) is 0 Å². The number of aliphatic carboxylic acids is 1. The summed E-state index contributed by atoms with van der Waals surface area (Å²) in [6, 6.07) is 3.81. The summed E-state index contributed by atoms with van der Waals surface area (Å²) in [5.41, 5.74) is -0.0445. The Morgan fingerprint density at radius 3 is 2.10 bits per heavy atom. The fraction of sp³-hybridized carbons (Fsp3) is 0.385. The number of carbonyl (C=O) groups is 2. The zero-order valence-corrected chi connectivity index (χ0v) is 14.5. The standard InChI is InChI=1S/C13H16Br2N2O3/c1-13(2,3)10(11(18)19)17-12(20)16-9-7(14)5-4-6-8(9)15/h4-6,10H,1-3H3,(H,18,19)(H2,16,17,20)/t10-/m0/s1. The van der Waals surface area contributed by atoms with Gasteiger partial charge in [0, 0.05) is 8.95 Å². The molecule has 1 aromatic rings. The van der Waals surface area contributed by atoms with Crippen molar-refractivity contribution in [3.8, 4) is 0 Å². The number of rotatable bonds is 3. The zero-order valence-electron chi connectivity index (χ0n) is 11.3. The molecule has 1 atom stereocenters. The van der Waals surface area contributed by atoms with Gasteiger partial charge in [-0.05, 0) is 49.4 Å². The number of nitrogens with one attached hydrogen (secondary N) is 2. The fourth-order valence-electron chi connectivity index (χ4n) is 1.55. The molecule has 0 aliphatic rings. The van der Waals surface area contributed by atoms with E-state index in [4.69, 9.17) is 0 Å². The highest BCUT2D eigenvalue weighted by Gasteiger charge is 2.32. The van der Waals surface area contributed by atoms with E-state index in [0.717, 1.165) is 0 Å². The summed E-state index contributed by atoms with van der Waals surface area (Å²) in [5.74, 6) is -1.07. The Morgan fingerprint density at radius 1 is 1.20 bits per heavy atom. The number of hydrogen-bond acceptors (Lipinski definition) is 2. The van der Waals surface area contributed by atoms with Gasteiger partial charge >= 0.3 is 12.0 Å². The van der Waals surface area contributed by atoms with Gasteiger partial charge < -0.3 is 15.7 Å². The lowest BCUT2D eigenvalue weighted by Crippen LogP contribution is -2.50. The van der Waals surface area contributed by atoms with Crippen LogP contribution in [0.5, 0.6) is 0 Å². The Morgan fingerprint density at radius 2 is 1.70 bits per heavy atom. The molecule has 0 spiro atoms. The first-order chi connectivity index (χ1) is 9.12. The van der Waals surface area contributed by atoms with E-state index in [0.29, 0.717) is 14.6 Å². The number of para-hydroxylation sites is 1. The first-order valence-corrected chi connectivity index (χ1v) is 7.46. The van der Waals surface area contributed by atoms with Gasteiger partial charge in [0.2, 0.25) is 0 Å². The maximum absolute atomic E-state index is 12.0. The summed E-state index contributed by atoms with van der Waals surface area (Å²) >= 11 is 6.64. The van der Waals surface area contributed by atoms with Crippen molar-refractivity contribution in [2.75, 3.05) is 5.32 Å². The van der Waals surface area contributed by atoms with Crippen LogP contribution < -0.4 is 10.6 Å². The third-order valence-corrected chi connectivity index (χ3v) is 3.91. The molecule has 1 rings (SSSR count). The molecule has 0 aromatic heterocycles. The van der Waals surface area contributed by atoms with Gasteiger partial charge in [-0.1, -0.05) is 26.8 Å². The molecule has 110 valence electrons. The molecule has 0 radical (unpaired) electrons. The van der Waals surface area contributed by atoms with E-state index in [1.807, 2.05) is 6.07 Å². The monoisotopic (exact) mass is 406 g/mol. The number of urea groups is 1. The van der Waals surface area contributed by atoms with Gasteiger partial charge in [0.05, 0.1) is 5.69 Å². The number of benzene rings is 1. The molecule has 20 heavy (non-hydrogen) atoms. The van der Waals surface area contributed by atoms with Crippen molar-refractivity contribution < 1.29 is 14.7 Å². The second kappa shape index (κ2) is 6.58. The summed E-state index contributed by atoms with van der Waals surface area (Å²) in [6.45, 7) is 5.25. The van der Waals surface area contributed by atoms with Crippen molar-refractivity contribution in [1.29, 1.82) is 0 Å². The van der Waals surface area contributed by atoms with Crippen LogP contribution in [0.3, 0.4) is 0 Å². The van der Waals surface area contributed by atoms with Crippen LogP contribution in [-0.2, 0) is 4.79 Å². The van der Waals surface area contributed by atoms with Crippen LogP contribution in [-0.4, -0.2) is 23.1 Å². The summed E-state index contributed by atoms with van der Waals surface area (Å²) in [5, 5.41) is 14.3. The van der Waals surface area contributed by atoms with Crippen LogP contribution in [0.15, 0.2) is 27.1 Å². The second-order valence-corrected chi connectivity index (χ2v) is 7.04. The number of carboxylic acids is 1. The summed E-state index contributed by atoms with van der Waals surface area (Å²) in [4.78, 5) is 23.2. The normalized spacial score (nSPS) is 12.7. The van der Waals surface area contributed by atoms with Gasteiger partial charge in [0.1, 0.15) is 6.04 Å². The molecule has 0 saturated carbocycles. The molecular formula is C13H16Br2N2O3. The fourth-order valence-corrected chi connectivity index (χ4v) is 2.74. The molecule has 0 aliphatic heterocycles. The van der Waals surface area contributed by atoms with Gasteiger partial charge in [-0.3, -0.25) is 0 Å². The van der Waals surface area contributed by atoms with Crippen LogP contribution in [0.1, 0.15) is 20.8 Å². The van der Waals surface area contributed by atoms with Crippen molar-refractivity contribution in [3.05, 3.63) is 27.1 Å². The van der Waals surface area contributed by atoms with E-state index in [9.17, 15) is 14.7 Å². The lowest BCUT2D eigenvalue weighted by Gasteiger charge is -2.27. The summed E-state index contributed by atoms with van der Waals surface area (Å²) in [7, 11) is 0. The summed E-state index contributed by atoms with van der Waals surface area (Å²) in [6.07, 6.45) is 0. The zero-order chi connectivity index (χ0) is 15.5. The molecule has 0 aliphatic carbocycles. The Bertz CT molecular complexity index is 507. The molecule has 0 saturated heterocycles. The van der Waals surface area contributed by atoms with Gasteiger partial charge in [-0.15, -0.1) is 0 Å². The first kappa shape index (κ1) is 17.0. The van der Waals surface area contributed by atoms with E-state index >= 15 is 0 Å². The second-order valence-electron chi connectivity index (χ2n) is 5.33. The van der Waals surface area contributed by atoms with Crippen LogP contribution in [0, 0.1) is 5.41 Å². The highest BCUT2D eigenvalue weighted by molar-refractivity contribution is 9.11. The number of hydrogen-bond donors (Lipinski definition) is 3. The molecular weight excluding hydrogens is 392 g/mol. The predicted octanol–water partition coefficient (Wildman–Crippen LogP) is 3.83. The third-order valence-electron chi connectivity index (χ3n) is 2.59. The highest BCUT2D eigenvalue weighted by Crippen LogP contribution is 2.30. The van der Waals surface area contributed by atoms with Crippen LogP contribution >= 0.6 is 31.9 Å². The summed E-state index contributed by atoms with van der Waals surface area (Å²) < 4.78 is 1.40. The maximum atomic E-state index is 12.0. The predicted molar refractivity (Wildman–Crippen MR) is 84.9 cm³/mol. The van der Waals surface area contributed by atoms with Crippen molar-refractivity contribution >= 4 is 49.5 Å². The molecule has 0 heterocycles. The van der Waals surface area contributed by atoms with Crippen molar-refractivity contribution in [1.82, 2.24) is 5.32 Å². The molecule has 1 aromatic carbocycles. The molecule has 7 heteroatoms. The third kappa shape index (κ3) is 4.49. The van der Waals surface area contributed by atoms with Gasteiger partial charge in [0.15, 0.2) is 0 Å². The Balaban J connectivity index is 2.84. The minimum atomic E-state index is -1.07. The minimum absolute atomic E-state index is 0.544. The van der Waals surface area contributed by atoms with Crippen LogP contribution in [0.2, 0.25) is 0 Å². The van der Waals surface area contributed by atoms with Crippen LogP contribution in [0.4, 0.5) is 10.5 Å². The van der Waals surface area contributed by atoms with E-state index in [2.05, 4.69) is 42.5 Å². The molecule has 2 amide bonds. The van der Waals surface area contributed by atoms with Gasteiger partial charge in [-0.2, -0.15) is 0 Å². The van der Waals surface area contributed by atoms with E-state index < -0.39 is 23.5 Å².